The molecule has 164 valence electrons. The van der Waals surface area contributed by atoms with Gasteiger partial charge in [-0.1, -0.05) is 0 Å². The third-order valence-electron chi connectivity index (χ3n) is 5.76. The number of anilines is 1. The predicted octanol–water partition coefficient (Wildman–Crippen LogP) is 2.55. The number of hydrogen-bond donors (Lipinski definition) is 0. The number of methoxy groups -OCH3 is 1. The molecule has 9 heteroatoms. The fraction of sp³-hybridized carbons (Fsp3) is 0.455. The molecule has 0 aromatic heterocycles. The highest BCUT2D eigenvalue weighted by atomic mass is 32.2. The minimum absolute atomic E-state index is 0.126. The van der Waals surface area contributed by atoms with Gasteiger partial charge in [0.05, 0.1) is 12.8 Å². The SMILES string of the molecule is COc1ccc(N2CCN(C(=O)CCCCN3C(=O)N=C4C=CSC4C3=O)CC2)cc1. The first-order valence-corrected chi connectivity index (χ1v) is 11.4. The Morgan fingerprint density at radius 3 is 2.58 bits per heavy atom. The van der Waals surface area contributed by atoms with Crippen molar-refractivity contribution in [3.8, 4) is 5.75 Å². The zero-order chi connectivity index (χ0) is 21.8. The lowest BCUT2D eigenvalue weighted by Gasteiger charge is -2.36. The van der Waals surface area contributed by atoms with Crippen molar-refractivity contribution in [1.82, 2.24) is 9.80 Å². The topological polar surface area (TPSA) is 82.5 Å². The second kappa shape index (κ2) is 9.55. The molecular formula is C22H26N4O4S. The maximum atomic E-state index is 12.6. The van der Waals surface area contributed by atoms with Crippen LogP contribution in [0.4, 0.5) is 10.5 Å². The van der Waals surface area contributed by atoms with Gasteiger partial charge in [-0.3, -0.25) is 14.5 Å². The number of amides is 4. The maximum Gasteiger partial charge on any atom is 0.350 e. The molecule has 1 aromatic rings. The molecule has 0 N–H and O–H groups in total. The second-order valence-electron chi connectivity index (χ2n) is 7.65. The fourth-order valence-corrected chi connectivity index (χ4v) is 4.84. The van der Waals surface area contributed by atoms with Crippen molar-refractivity contribution >= 4 is 41.0 Å². The quantitative estimate of drug-likeness (QED) is 0.604. The molecule has 3 heterocycles. The molecule has 0 radical (unpaired) electrons. The van der Waals surface area contributed by atoms with Gasteiger partial charge < -0.3 is 14.5 Å². The molecule has 0 spiro atoms. The van der Waals surface area contributed by atoms with Crippen molar-refractivity contribution in [3.63, 3.8) is 0 Å². The van der Waals surface area contributed by atoms with Gasteiger partial charge in [-0.2, -0.15) is 4.99 Å². The Hall–Kier alpha value is -2.81. The van der Waals surface area contributed by atoms with Crippen LogP contribution in [0.2, 0.25) is 0 Å². The highest BCUT2D eigenvalue weighted by Gasteiger charge is 2.38. The number of thioether (sulfide) groups is 1. The van der Waals surface area contributed by atoms with Crippen LogP contribution in [0.1, 0.15) is 19.3 Å². The number of hydrogen-bond acceptors (Lipinski definition) is 6. The second-order valence-corrected chi connectivity index (χ2v) is 8.67. The number of benzene rings is 1. The van der Waals surface area contributed by atoms with E-state index < -0.39 is 6.03 Å². The minimum Gasteiger partial charge on any atom is -0.497 e. The molecular weight excluding hydrogens is 416 g/mol. The van der Waals surface area contributed by atoms with Crippen LogP contribution in [-0.4, -0.2) is 78.4 Å². The first-order valence-electron chi connectivity index (χ1n) is 10.5. The molecule has 1 unspecified atom stereocenters. The Kier molecular flexibility index (Phi) is 6.60. The van der Waals surface area contributed by atoms with E-state index >= 15 is 0 Å². The van der Waals surface area contributed by atoms with Gasteiger partial charge >= 0.3 is 6.03 Å². The Morgan fingerprint density at radius 1 is 1.13 bits per heavy atom. The zero-order valence-electron chi connectivity index (χ0n) is 17.5. The first-order chi connectivity index (χ1) is 15.1. The molecule has 0 bridgehead atoms. The molecule has 1 fully saturated rings. The standard InChI is InChI=1S/C22H26N4O4S/c1-30-17-7-5-16(6-8-17)24-11-13-25(14-12-24)19(27)4-2-3-10-26-21(28)20-18(9-15-31-20)23-22(26)29/h5-9,15,20H,2-4,10-14H2,1H3. The van der Waals surface area contributed by atoms with E-state index in [9.17, 15) is 14.4 Å². The average molecular weight is 443 g/mol. The third kappa shape index (κ3) is 4.76. The summed E-state index contributed by atoms with van der Waals surface area (Å²) in [6, 6.07) is 7.46. The van der Waals surface area contributed by atoms with Crippen molar-refractivity contribution in [2.24, 2.45) is 4.99 Å². The van der Waals surface area contributed by atoms with Crippen LogP contribution in [-0.2, 0) is 9.59 Å². The highest BCUT2D eigenvalue weighted by molar-refractivity contribution is 8.04. The summed E-state index contributed by atoms with van der Waals surface area (Å²) in [5.41, 5.74) is 1.67. The molecule has 3 aliphatic heterocycles. The highest BCUT2D eigenvalue weighted by Crippen LogP contribution is 2.28. The number of rotatable bonds is 7. The van der Waals surface area contributed by atoms with E-state index in [1.165, 1.54) is 16.7 Å². The Morgan fingerprint density at radius 2 is 1.87 bits per heavy atom. The van der Waals surface area contributed by atoms with E-state index in [1.807, 2.05) is 29.2 Å². The lowest BCUT2D eigenvalue weighted by molar-refractivity contribution is -0.131. The van der Waals surface area contributed by atoms with Gasteiger partial charge in [-0.05, 0) is 48.6 Å². The Bertz CT molecular complexity index is 907. The Balaban J connectivity index is 1.18. The van der Waals surface area contributed by atoms with Crippen molar-refractivity contribution in [1.29, 1.82) is 0 Å². The van der Waals surface area contributed by atoms with E-state index in [2.05, 4.69) is 9.89 Å². The number of carbonyl (C=O) groups excluding carboxylic acids is 3. The molecule has 1 aromatic carbocycles. The summed E-state index contributed by atoms with van der Waals surface area (Å²) < 4.78 is 5.20. The number of carbonyl (C=O) groups is 3. The summed E-state index contributed by atoms with van der Waals surface area (Å²) in [5.74, 6) is 0.754. The number of fused-ring (bicyclic) bond motifs is 1. The van der Waals surface area contributed by atoms with E-state index in [1.54, 1.807) is 18.6 Å². The smallest absolute Gasteiger partial charge is 0.350 e. The van der Waals surface area contributed by atoms with Gasteiger partial charge in [0, 0.05) is 44.8 Å². The summed E-state index contributed by atoms with van der Waals surface area (Å²) in [7, 11) is 1.65. The predicted molar refractivity (Wildman–Crippen MR) is 121 cm³/mol. The number of ether oxygens (including phenoxy) is 1. The summed E-state index contributed by atoms with van der Waals surface area (Å²) in [6.45, 7) is 3.28. The monoisotopic (exact) mass is 442 g/mol. The largest absolute Gasteiger partial charge is 0.497 e. The number of imide groups is 1. The van der Waals surface area contributed by atoms with Gasteiger partial charge in [0.2, 0.25) is 11.8 Å². The van der Waals surface area contributed by atoms with Crippen LogP contribution in [0.25, 0.3) is 0 Å². The van der Waals surface area contributed by atoms with Crippen molar-refractivity contribution < 1.29 is 19.1 Å². The number of unbranched alkanes of at least 4 members (excludes halogenated alkanes) is 1. The van der Waals surface area contributed by atoms with Crippen LogP contribution in [0.3, 0.4) is 0 Å². The van der Waals surface area contributed by atoms with Crippen molar-refractivity contribution in [2.75, 3.05) is 44.7 Å². The van der Waals surface area contributed by atoms with Crippen LogP contribution >= 0.6 is 11.8 Å². The molecule has 0 saturated carbocycles. The van der Waals surface area contributed by atoms with Crippen LogP contribution in [0.15, 0.2) is 40.7 Å². The lowest BCUT2D eigenvalue weighted by Crippen LogP contribution is -2.49. The molecule has 8 nitrogen and oxygen atoms in total. The summed E-state index contributed by atoms with van der Waals surface area (Å²) in [6.07, 6.45) is 3.38. The molecule has 1 atom stereocenters. The van der Waals surface area contributed by atoms with Gasteiger partial charge in [0.15, 0.2) is 0 Å². The third-order valence-corrected chi connectivity index (χ3v) is 6.77. The average Bonchev–Trinajstić information content (AvgIpc) is 3.27. The van der Waals surface area contributed by atoms with Gasteiger partial charge in [0.25, 0.3) is 0 Å². The number of allylic oxidation sites excluding steroid dienone is 1. The zero-order valence-corrected chi connectivity index (χ0v) is 18.3. The summed E-state index contributed by atoms with van der Waals surface area (Å²) in [5, 5.41) is 1.41. The van der Waals surface area contributed by atoms with Crippen molar-refractivity contribution in [3.05, 3.63) is 35.7 Å². The number of nitrogens with zero attached hydrogens (tertiary/aromatic N) is 4. The van der Waals surface area contributed by atoms with Gasteiger partial charge in [-0.25, -0.2) is 4.79 Å². The van der Waals surface area contributed by atoms with Crippen LogP contribution in [0.5, 0.6) is 5.75 Å². The fourth-order valence-electron chi connectivity index (χ4n) is 3.95. The maximum absolute atomic E-state index is 12.6. The van der Waals surface area contributed by atoms with Crippen LogP contribution in [0, 0.1) is 0 Å². The molecule has 0 aliphatic carbocycles. The lowest BCUT2D eigenvalue weighted by atomic mass is 10.1. The normalized spacial score (nSPS) is 20.7. The number of piperazine rings is 1. The van der Waals surface area contributed by atoms with Crippen molar-refractivity contribution in [2.45, 2.75) is 24.5 Å². The van der Waals surface area contributed by atoms with E-state index in [0.717, 1.165) is 24.5 Å². The van der Waals surface area contributed by atoms with E-state index in [-0.39, 0.29) is 17.1 Å². The molecule has 31 heavy (non-hydrogen) atoms. The summed E-state index contributed by atoms with van der Waals surface area (Å²) >= 11 is 1.38. The molecule has 4 amide bonds. The van der Waals surface area contributed by atoms with Gasteiger partial charge in [0.1, 0.15) is 11.0 Å². The number of urea groups is 1. The first kappa shape index (κ1) is 21.4. The summed E-state index contributed by atoms with van der Waals surface area (Å²) in [4.78, 5) is 46.5. The molecule has 1 saturated heterocycles. The van der Waals surface area contributed by atoms with Gasteiger partial charge in [-0.15, -0.1) is 11.8 Å². The number of aliphatic imine (C=N–C) groups is 1. The van der Waals surface area contributed by atoms with E-state index in [4.69, 9.17) is 4.74 Å². The molecule has 4 rings (SSSR count). The Labute approximate surface area is 185 Å². The molecule has 3 aliphatic rings. The minimum atomic E-state index is -0.496. The van der Waals surface area contributed by atoms with Crippen LogP contribution < -0.4 is 9.64 Å². The van der Waals surface area contributed by atoms with E-state index in [0.29, 0.717) is 44.6 Å².